The van der Waals surface area contributed by atoms with Crippen LogP contribution in [0, 0.1) is 11.8 Å². The molecule has 0 aromatic rings. The largest absolute Gasteiger partial charge is 0.375 e. The minimum Gasteiger partial charge on any atom is -0.375 e. The van der Waals surface area contributed by atoms with Crippen LogP contribution >= 0.6 is 0 Å². The molecule has 1 aliphatic carbocycles. The summed E-state index contributed by atoms with van der Waals surface area (Å²) < 4.78 is 5.68. The maximum Gasteiger partial charge on any atom is 0.0599 e. The Labute approximate surface area is 108 Å². The minimum absolute atomic E-state index is 0.000478. The molecule has 0 bridgehead atoms. The van der Waals surface area contributed by atoms with E-state index in [4.69, 9.17) is 4.74 Å². The monoisotopic (exact) mass is 241 g/mol. The Morgan fingerprint density at radius 2 is 1.94 bits per heavy atom. The topological polar surface area (TPSA) is 21.3 Å². The SMILES string of the molecule is CC1CCCC(CCNCCOC(C)(C)C)C1. The Kier molecular flexibility index (Phi) is 6.50. The highest BCUT2D eigenvalue weighted by Gasteiger charge is 2.18. The Hall–Kier alpha value is -0.0800. The molecule has 0 amide bonds. The van der Waals surface area contributed by atoms with Crippen molar-refractivity contribution in [2.75, 3.05) is 19.7 Å². The van der Waals surface area contributed by atoms with Crippen LogP contribution in [0.1, 0.15) is 59.8 Å². The molecule has 0 aromatic carbocycles. The maximum absolute atomic E-state index is 5.68. The van der Waals surface area contributed by atoms with Gasteiger partial charge in [0.05, 0.1) is 12.2 Å². The highest BCUT2D eigenvalue weighted by molar-refractivity contribution is 4.71. The van der Waals surface area contributed by atoms with Gasteiger partial charge in [-0.05, 0) is 52.0 Å². The highest BCUT2D eigenvalue weighted by atomic mass is 16.5. The predicted octanol–water partition coefficient (Wildman–Crippen LogP) is 3.61. The number of hydrogen-bond donors (Lipinski definition) is 1. The summed E-state index contributed by atoms with van der Waals surface area (Å²) >= 11 is 0. The molecule has 0 spiro atoms. The van der Waals surface area contributed by atoms with E-state index in [-0.39, 0.29) is 5.60 Å². The first kappa shape index (κ1) is 15.0. The smallest absolute Gasteiger partial charge is 0.0599 e. The van der Waals surface area contributed by atoms with Gasteiger partial charge < -0.3 is 10.1 Å². The van der Waals surface area contributed by atoms with Crippen molar-refractivity contribution >= 4 is 0 Å². The van der Waals surface area contributed by atoms with Crippen LogP contribution in [0.2, 0.25) is 0 Å². The van der Waals surface area contributed by atoms with Crippen LogP contribution in [-0.2, 0) is 4.74 Å². The van der Waals surface area contributed by atoms with Gasteiger partial charge >= 0.3 is 0 Å². The summed E-state index contributed by atoms with van der Waals surface area (Å²) in [5.74, 6) is 1.92. The molecule has 2 unspecified atom stereocenters. The van der Waals surface area contributed by atoms with E-state index in [0.29, 0.717) is 0 Å². The number of rotatable bonds is 6. The summed E-state index contributed by atoms with van der Waals surface area (Å²) in [6.45, 7) is 11.7. The molecular weight excluding hydrogens is 210 g/mol. The fourth-order valence-electron chi connectivity index (χ4n) is 2.68. The van der Waals surface area contributed by atoms with E-state index in [1.54, 1.807) is 0 Å². The van der Waals surface area contributed by atoms with E-state index in [9.17, 15) is 0 Å². The molecule has 0 radical (unpaired) electrons. The van der Waals surface area contributed by atoms with Gasteiger partial charge in [0.15, 0.2) is 0 Å². The lowest BCUT2D eigenvalue weighted by Gasteiger charge is -2.26. The predicted molar refractivity (Wildman–Crippen MR) is 74.3 cm³/mol. The standard InChI is InChI=1S/C15H31NO/c1-13-6-5-7-14(12-13)8-9-16-10-11-17-15(2,3)4/h13-14,16H,5-12H2,1-4H3. The first-order chi connectivity index (χ1) is 7.97. The van der Waals surface area contributed by atoms with Crippen molar-refractivity contribution in [1.82, 2.24) is 5.32 Å². The molecule has 102 valence electrons. The lowest BCUT2D eigenvalue weighted by atomic mass is 9.81. The third kappa shape index (κ3) is 7.77. The lowest BCUT2D eigenvalue weighted by molar-refractivity contribution is -0.000869. The number of hydrogen-bond acceptors (Lipinski definition) is 2. The van der Waals surface area contributed by atoms with Crippen molar-refractivity contribution < 1.29 is 4.74 Å². The number of nitrogens with one attached hydrogen (secondary N) is 1. The van der Waals surface area contributed by atoms with Crippen molar-refractivity contribution in [3.63, 3.8) is 0 Å². The maximum atomic E-state index is 5.68. The summed E-state index contributed by atoms with van der Waals surface area (Å²) in [6.07, 6.45) is 7.13. The highest BCUT2D eigenvalue weighted by Crippen LogP contribution is 2.30. The van der Waals surface area contributed by atoms with Crippen molar-refractivity contribution in [3.05, 3.63) is 0 Å². The Morgan fingerprint density at radius 3 is 2.59 bits per heavy atom. The van der Waals surface area contributed by atoms with Gasteiger partial charge in [-0.3, -0.25) is 0 Å². The molecule has 2 heteroatoms. The number of ether oxygens (including phenoxy) is 1. The van der Waals surface area contributed by atoms with Gasteiger partial charge in [0, 0.05) is 6.54 Å². The Morgan fingerprint density at radius 1 is 1.18 bits per heavy atom. The van der Waals surface area contributed by atoms with E-state index in [1.165, 1.54) is 32.1 Å². The van der Waals surface area contributed by atoms with Crippen LogP contribution in [0.3, 0.4) is 0 Å². The lowest BCUT2D eigenvalue weighted by Crippen LogP contribution is -2.28. The molecule has 1 saturated carbocycles. The molecule has 0 aliphatic heterocycles. The third-order valence-corrected chi connectivity index (χ3v) is 3.59. The van der Waals surface area contributed by atoms with Crippen molar-refractivity contribution in [1.29, 1.82) is 0 Å². The Balaban J connectivity index is 1.93. The summed E-state index contributed by atoms with van der Waals surface area (Å²) in [5, 5.41) is 3.50. The molecule has 0 saturated heterocycles. The minimum atomic E-state index is 0.000478. The van der Waals surface area contributed by atoms with Gasteiger partial charge in [-0.1, -0.05) is 26.2 Å². The van der Waals surface area contributed by atoms with E-state index >= 15 is 0 Å². The van der Waals surface area contributed by atoms with Gasteiger partial charge in [-0.2, -0.15) is 0 Å². The van der Waals surface area contributed by atoms with Gasteiger partial charge in [0.2, 0.25) is 0 Å². The zero-order valence-corrected chi connectivity index (χ0v) is 12.2. The Bertz CT molecular complexity index is 198. The first-order valence-corrected chi connectivity index (χ1v) is 7.32. The van der Waals surface area contributed by atoms with Crippen LogP contribution in [-0.4, -0.2) is 25.3 Å². The van der Waals surface area contributed by atoms with Crippen LogP contribution in [0.4, 0.5) is 0 Å². The van der Waals surface area contributed by atoms with Gasteiger partial charge in [0.25, 0.3) is 0 Å². The second-order valence-electron chi connectivity index (χ2n) is 6.64. The summed E-state index contributed by atoms with van der Waals surface area (Å²) in [4.78, 5) is 0. The van der Waals surface area contributed by atoms with Crippen molar-refractivity contribution in [3.8, 4) is 0 Å². The zero-order valence-electron chi connectivity index (χ0n) is 12.2. The molecule has 0 heterocycles. The fraction of sp³-hybridized carbons (Fsp3) is 1.00. The van der Waals surface area contributed by atoms with E-state index in [2.05, 4.69) is 33.0 Å². The van der Waals surface area contributed by atoms with Crippen LogP contribution in [0.25, 0.3) is 0 Å². The van der Waals surface area contributed by atoms with E-state index in [1.807, 2.05) is 0 Å². The third-order valence-electron chi connectivity index (χ3n) is 3.59. The van der Waals surface area contributed by atoms with Gasteiger partial charge in [0.1, 0.15) is 0 Å². The molecule has 1 N–H and O–H groups in total. The second-order valence-corrected chi connectivity index (χ2v) is 6.64. The molecule has 2 atom stereocenters. The summed E-state index contributed by atoms with van der Waals surface area (Å²) in [7, 11) is 0. The molecule has 0 aromatic heterocycles. The van der Waals surface area contributed by atoms with Gasteiger partial charge in [-0.15, -0.1) is 0 Å². The van der Waals surface area contributed by atoms with Crippen molar-refractivity contribution in [2.45, 2.75) is 65.4 Å². The normalized spacial score (nSPS) is 26.1. The van der Waals surface area contributed by atoms with Crippen LogP contribution in [0.15, 0.2) is 0 Å². The van der Waals surface area contributed by atoms with Gasteiger partial charge in [-0.25, -0.2) is 0 Å². The summed E-state index contributed by atoms with van der Waals surface area (Å²) in [5.41, 5.74) is 0.000478. The van der Waals surface area contributed by atoms with E-state index < -0.39 is 0 Å². The molecule has 1 fully saturated rings. The first-order valence-electron chi connectivity index (χ1n) is 7.32. The molecule has 2 nitrogen and oxygen atoms in total. The molecule has 1 aliphatic rings. The van der Waals surface area contributed by atoms with E-state index in [0.717, 1.165) is 31.5 Å². The van der Waals surface area contributed by atoms with Crippen molar-refractivity contribution in [2.24, 2.45) is 11.8 Å². The zero-order chi connectivity index (χ0) is 12.7. The quantitative estimate of drug-likeness (QED) is 0.717. The molecular formula is C15H31NO. The van der Waals surface area contributed by atoms with Crippen LogP contribution in [0.5, 0.6) is 0 Å². The average molecular weight is 241 g/mol. The second kappa shape index (κ2) is 7.38. The summed E-state index contributed by atoms with van der Waals surface area (Å²) in [6, 6.07) is 0. The fourth-order valence-corrected chi connectivity index (χ4v) is 2.68. The molecule has 17 heavy (non-hydrogen) atoms. The molecule has 1 rings (SSSR count). The van der Waals surface area contributed by atoms with Crippen LogP contribution < -0.4 is 5.32 Å². The average Bonchev–Trinajstić information content (AvgIpc) is 2.22.